The van der Waals surface area contributed by atoms with Crippen molar-refractivity contribution in [1.82, 2.24) is 10.4 Å². The fourth-order valence-corrected chi connectivity index (χ4v) is 3.00. The second-order valence-corrected chi connectivity index (χ2v) is 6.83. The van der Waals surface area contributed by atoms with Crippen LogP contribution in [0, 0.1) is 5.92 Å². The van der Waals surface area contributed by atoms with Crippen molar-refractivity contribution in [2.75, 3.05) is 25.1 Å². The van der Waals surface area contributed by atoms with Crippen LogP contribution >= 0.6 is 0 Å². The molecule has 0 radical (unpaired) electrons. The Labute approximate surface area is 179 Å². The van der Waals surface area contributed by atoms with Gasteiger partial charge < -0.3 is 14.8 Å². The summed E-state index contributed by atoms with van der Waals surface area (Å²) < 4.78 is 10.4. The van der Waals surface area contributed by atoms with Crippen LogP contribution in [0.15, 0.2) is 54.6 Å². The van der Waals surface area contributed by atoms with Crippen molar-refractivity contribution in [3.63, 3.8) is 0 Å². The molecule has 1 heterocycles. The van der Waals surface area contributed by atoms with Gasteiger partial charge in [-0.25, -0.2) is 0 Å². The lowest BCUT2D eigenvalue weighted by Crippen LogP contribution is -2.43. The SMILES string of the molecule is CCOc1ccc(NC(=O)COC(=O)[C@H]2CC(=O)N(NC(=O)c3ccccc3)C2)cc1. The molecular formula is C22H23N3O6. The van der Waals surface area contributed by atoms with Crippen molar-refractivity contribution in [3.8, 4) is 5.75 Å². The number of hydrazine groups is 1. The monoisotopic (exact) mass is 425 g/mol. The number of carbonyl (C=O) groups excluding carboxylic acids is 4. The van der Waals surface area contributed by atoms with Crippen molar-refractivity contribution in [1.29, 1.82) is 0 Å². The zero-order valence-electron chi connectivity index (χ0n) is 17.0. The maximum Gasteiger partial charge on any atom is 0.311 e. The van der Waals surface area contributed by atoms with Gasteiger partial charge in [0.2, 0.25) is 5.91 Å². The van der Waals surface area contributed by atoms with Crippen molar-refractivity contribution in [3.05, 3.63) is 60.2 Å². The van der Waals surface area contributed by atoms with Crippen LogP contribution in [0.2, 0.25) is 0 Å². The summed E-state index contributed by atoms with van der Waals surface area (Å²) >= 11 is 0. The molecule has 31 heavy (non-hydrogen) atoms. The molecule has 1 saturated heterocycles. The van der Waals surface area contributed by atoms with E-state index in [-0.39, 0.29) is 13.0 Å². The molecular weight excluding hydrogens is 402 g/mol. The van der Waals surface area contributed by atoms with E-state index in [1.54, 1.807) is 54.6 Å². The average molecular weight is 425 g/mol. The van der Waals surface area contributed by atoms with E-state index in [9.17, 15) is 19.2 Å². The number of rotatable bonds is 8. The average Bonchev–Trinajstić information content (AvgIpc) is 3.14. The zero-order chi connectivity index (χ0) is 22.2. The second-order valence-electron chi connectivity index (χ2n) is 6.83. The van der Waals surface area contributed by atoms with Gasteiger partial charge in [0.15, 0.2) is 6.61 Å². The predicted octanol–water partition coefficient (Wildman–Crippen LogP) is 1.76. The molecule has 1 fully saturated rings. The maximum absolute atomic E-state index is 12.3. The maximum atomic E-state index is 12.3. The van der Waals surface area contributed by atoms with Crippen LogP contribution in [-0.4, -0.2) is 48.5 Å². The Bertz CT molecular complexity index is 945. The quantitative estimate of drug-likeness (QED) is 0.623. The first-order valence-corrected chi connectivity index (χ1v) is 9.82. The molecule has 0 aliphatic carbocycles. The Morgan fingerprint density at radius 1 is 1.06 bits per heavy atom. The molecule has 162 valence electrons. The molecule has 1 aliphatic heterocycles. The molecule has 0 spiro atoms. The molecule has 0 saturated carbocycles. The van der Waals surface area contributed by atoms with Gasteiger partial charge in [-0.05, 0) is 43.3 Å². The number of nitrogens with zero attached hydrogens (tertiary/aromatic N) is 1. The summed E-state index contributed by atoms with van der Waals surface area (Å²) in [5, 5.41) is 3.71. The van der Waals surface area contributed by atoms with Crippen LogP contribution in [0.4, 0.5) is 5.69 Å². The molecule has 1 aliphatic rings. The summed E-state index contributed by atoms with van der Waals surface area (Å²) in [7, 11) is 0. The highest BCUT2D eigenvalue weighted by molar-refractivity contribution is 5.97. The summed E-state index contributed by atoms with van der Waals surface area (Å²) in [5.74, 6) is -2.10. The molecule has 0 unspecified atom stereocenters. The third-order valence-electron chi connectivity index (χ3n) is 4.53. The first-order valence-electron chi connectivity index (χ1n) is 9.82. The van der Waals surface area contributed by atoms with Crippen LogP contribution in [0.1, 0.15) is 23.7 Å². The Morgan fingerprint density at radius 3 is 2.45 bits per heavy atom. The van der Waals surface area contributed by atoms with Gasteiger partial charge in [0, 0.05) is 17.7 Å². The van der Waals surface area contributed by atoms with E-state index in [1.165, 1.54) is 0 Å². The molecule has 3 rings (SSSR count). The van der Waals surface area contributed by atoms with Crippen molar-refractivity contribution in [2.45, 2.75) is 13.3 Å². The normalized spacial score (nSPS) is 15.3. The van der Waals surface area contributed by atoms with Gasteiger partial charge >= 0.3 is 5.97 Å². The highest BCUT2D eigenvalue weighted by Crippen LogP contribution is 2.18. The van der Waals surface area contributed by atoms with E-state index in [0.29, 0.717) is 23.6 Å². The number of benzene rings is 2. The van der Waals surface area contributed by atoms with Crippen LogP contribution in [0.5, 0.6) is 5.75 Å². The number of esters is 1. The Hall–Kier alpha value is -3.88. The Morgan fingerprint density at radius 2 is 1.77 bits per heavy atom. The summed E-state index contributed by atoms with van der Waals surface area (Å²) in [6.45, 7) is 1.92. The van der Waals surface area contributed by atoms with Gasteiger partial charge in [-0.3, -0.25) is 29.6 Å². The molecule has 9 heteroatoms. The first-order chi connectivity index (χ1) is 15.0. The summed E-state index contributed by atoms with van der Waals surface area (Å²) in [4.78, 5) is 48.6. The highest BCUT2D eigenvalue weighted by Gasteiger charge is 2.36. The minimum absolute atomic E-state index is 0.0171. The van der Waals surface area contributed by atoms with Crippen molar-refractivity contribution >= 4 is 29.4 Å². The largest absolute Gasteiger partial charge is 0.494 e. The fourth-order valence-electron chi connectivity index (χ4n) is 3.00. The van der Waals surface area contributed by atoms with Crippen LogP contribution in [0.3, 0.4) is 0 Å². The summed E-state index contributed by atoms with van der Waals surface area (Å²) in [5.41, 5.74) is 3.42. The highest BCUT2D eigenvalue weighted by atomic mass is 16.5. The molecule has 0 bridgehead atoms. The second kappa shape index (κ2) is 10.2. The van der Waals surface area contributed by atoms with Gasteiger partial charge in [-0.2, -0.15) is 0 Å². The van der Waals surface area contributed by atoms with E-state index < -0.39 is 36.2 Å². The summed E-state index contributed by atoms with van der Waals surface area (Å²) in [6, 6.07) is 15.2. The topological polar surface area (TPSA) is 114 Å². The molecule has 0 aromatic heterocycles. The number of hydrogen-bond acceptors (Lipinski definition) is 6. The standard InChI is InChI=1S/C22H23N3O6/c1-2-30-18-10-8-17(9-11-18)23-19(26)14-31-22(29)16-12-20(27)25(13-16)24-21(28)15-6-4-3-5-7-15/h3-11,16H,2,12-14H2,1H3,(H,23,26)(H,24,28)/t16-/m0/s1. The van der Waals surface area contributed by atoms with Crippen LogP contribution in [0.25, 0.3) is 0 Å². The minimum atomic E-state index is -0.762. The molecule has 2 N–H and O–H groups in total. The van der Waals surface area contributed by atoms with Crippen molar-refractivity contribution in [2.24, 2.45) is 5.92 Å². The molecule has 2 aromatic carbocycles. The van der Waals surface area contributed by atoms with Crippen LogP contribution in [-0.2, 0) is 19.1 Å². The van der Waals surface area contributed by atoms with Gasteiger partial charge in [0.05, 0.1) is 19.1 Å². The van der Waals surface area contributed by atoms with Crippen LogP contribution < -0.4 is 15.5 Å². The number of ether oxygens (including phenoxy) is 2. The van der Waals surface area contributed by atoms with Gasteiger partial charge in [-0.15, -0.1) is 0 Å². The van der Waals surface area contributed by atoms with E-state index in [1.807, 2.05) is 6.92 Å². The first kappa shape index (κ1) is 21.8. The third-order valence-corrected chi connectivity index (χ3v) is 4.53. The minimum Gasteiger partial charge on any atom is -0.494 e. The van der Waals surface area contributed by atoms with E-state index in [2.05, 4.69) is 10.7 Å². The lowest BCUT2D eigenvalue weighted by molar-refractivity contribution is -0.151. The van der Waals surface area contributed by atoms with Gasteiger partial charge in [0.1, 0.15) is 5.75 Å². The fraction of sp³-hybridized carbons (Fsp3) is 0.273. The third kappa shape index (κ3) is 6.05. The van der Waals surface area contributed by atoms with Crippen molar-refractivity contribution < 1.29 is 28.7 Å². The lowest BCUT2D eigenvalue weighted by Gasteiger charge is -2.17. The van der Waals surface area contributed by atoms with E-state index in [4.69, 9.17) is 9.47 Å². The number of anilines is 1. The number of nitrogens with one attached hydrogen (secondary N) is 2. The Balaban J connectivity index is 1.44. The van der Waals surface area contributed by atoms with Gasteiger partial charge in [-0.1, -0.05) is 18.2 Å². The molecule has 3 amide bonds. The Kier molecular flexibility index (Phi) is 7.21. The summed E-state index contributed by atoms with van der Waals surface area (Å²) in [6.07, 6.45) is -0.103. The predicted molar refractivity (Wildman–Crippen MR) is 111 cm³/mol. The van der Waals surface area contributed by atoms with Gasteiger partial charge in [0.25, 0.3) is 11.8 Å². The smallest absolute Gasteiger partial charge is 0.311 e. The van der Waals surface area contributed by atoms with E-state index >= 15 is 0 Å². The number of hydrogen-bond donors (Lipinski definition) is 2. The molecule has 2 aromatic rings. The lowest BCUT2D eigenvalue weighted by atomic mass is 10.1. The number of amides is 3. The number of carbonyl (C=O) groups is 4. The zero-order valence-corrected chi connectivity index (χ0v) is 17.0. The van der Waals surface area contributed by atoms with E-state index in [0.717, 1.165) is 5.01 Å². The molecule has 1 atom stereocenters. The molecule has 9 nitrogen and oxygen atoms in total.